The molecule has 1 atom stereocenters. The predicted molar refractivity (Wildman–Crippen MR) is 154 cm³/mol. The summed E-state index contributed by atoms with van der Waals surface area (Å²) < 4.78 is 5.93. The predicted octanol–water partition coefficient (Wildman–Crippen LogP) is 5.03. The lowest BCUT2D eigenvalue weighted by molar-refractivity contribution is -0.0372. The molecule has 1 fully saturated rings. The molecule has 1 saturated heterocycles. The highest BCUT2D eigenvalue weighted by Gasteiger charge is 2.26. The van der Waals surface area contributed by atoms with Crippen molar-refractivity contribution in [1.82, 2.24) is 14.9 Å². The highest BCUT2D eigenvalue weighted by Crippen LogP contribution is 2.30. The zero-order valence-electron chi connectivity index (χ0n) is 22.0. The molecule has 1 heterocycles. The third kappa shape index (κ3) is 8.74. The van der Waals surface area contributed by atoms with Crippen molar-refractivity contribution >= 4 is 17.6 Å². The number of rotatable bonds is 10. The van der Waals surface area contributed by atoms with Crippen LogP contribution in [-0.4, -0.2) is 72.0 Å². The lowest BCUT2D eigenvalue weighted by atomic mass is 9.96. The number of carbonyl (C=O) groups excluding carboxylic acids is 1. The van der Waals surface area contributed by atoms with Gasteiger partial charge in [0.1, 0.15) is 5.75 Å². The molecule has 0 radical (unpaired) electrons. The van der Waals surface area contributed by atoms with Gasteiger partial charge in [0.05, 0.1) is 19.2 Å². The van der Waals surface area contributed by atoms with Gasteiger partial charge in [0, 0.05) is 49.7 Å². The van der Waals surface area contributed by atoms with Crippen LogP contribution in [-0.2, 0) is 0 Å². The number of amides is 2. The van der Waals surface area contributed by atoms with E-state index >= 15 is 0 Å². The maximum atomic E-state index is 10.8. The number of carbonyl (C=O) groups is 1. The number of benzene rings is 3. The minimum Gasteiger partial charge on any atom is -0.494 e. The van der Waals surface area contributed by atoms with E-state index in [4.69, 9.17) is 22.1 Å². The minimum absolute atomic E-state index is 0.0779. The van der Waals surface area contributed by atoms with Gasteiger partial charge >= 0.3 is 6.03 Å². The second-order valence-corrected chi connectivity index (χ2v) is 9.92. The minimum atomic E-state index is -0.883. The van der Waals surface area contributed by atoms with Gasteiger partial charge in [0.25, 0.3) is 0 Å². The number of nitrogens with zero attached hydrogens (tertiary/aromatic N) is 3. The van der Waals surface area contributed by atoms with Gasteiger partial charge in [-0.15, -0.1) is 0 Å². The van der Waals surface area contributed by atoms with Crippen LogP contribution >= 0.6 is 11.6 Å². The van der Waals surface area contributed by atoms with E-state index in [-0.39, 0.29) is 12.6 Å². The van der Waals surface area contributed by atoms with Crippen LogP contribution in [0.4, 0.5) is 4.79 Å². The summed E-state index contributed by atoms with van der Waals surface area (Å²) in [7, 11) is 0. The molecule has 4 rings (SSSR count). The highest BCUT2D eigenvalue weighted by atomic mass is 35.5. The molecule has 0 aliphatic carbocycles. The van der Waals surface area contributed by atoms with Gasteiger partial charge in [-0.2, -0.15) is 0 Å². The molecule has 8 heteroatoms. The lowest BCUT2D eigenvalue weighted by Gasteiger charge is -2.39. The Morgan fingerprint density at radius 2 is 1.64 bits per heavy atom. The Balaban J connectivity index is 1.19. The summed E-state index contributed by atoms with van der Waals surface area (Å²) >= 11 is 6.16. The van der Waals surface area contributed by atoms with Gasteiger partial charge in [0.2, 0.25) is 0 Å². The normalized spacial score (nSPS) is 14.7. The third-order valence-corrected chi connectivity index (χ3v) is 7.00. The Labute approximate surface area is 235 Å². The molecular formula is C31H35ClN4O3. The first-order valence-electron chi connectivity index (χ1n) is 13.2. The van der Waals surface area contributed by atoms with Crippen molar-refractivity contribution in [2.45, 2.75) is 18.9 Å². The number of halogens is 1. The molecule has 0 spiro atoms. The van der Waals surface area contributed by atoms with E-state index in [2.05, 4.69) is 64.1 Å². The van der Waals surface area contributed by atoms with Crippen molar-refractivity contribution in [2.75, 3.05) is 45.9 Å². The molecule has 0 aromatic heterocycles. The van der Waals surface area contributed by atoms with Crippen molar-refractivity contribution in [3.05, 3.63) is 101 Å². The number of ether oxygens (including phenoxy) is 1. The monoisotopic (exact) mass is 546 g/mol. The highest BCUT2D eigenvalue weighted by molar-refractivity contribution is 6.30. The summed E-state index contributed by atoms with van der Waals surface area (Å²) in [6.45, 7) is 5.79. The smallest absolute Gasteiger partial charge is 0.338 e. The quantitative estimate of drug-likeness (QED) is 0.161. The van der Waals surface area contributed by atoms with Crippen molar-refractivity contribution < 1.29 is 14.7 Å². The lowest BCUT2D eigenvalue weighted by Crippen LogP contribution is -2.48. The van der Waals surface area contributed by atoms with E-state index in [1.807, 2.05) is 36.4 Å². The van der Waals surface area contributed by atoms with Gasteiger partial charge in [-0.25, -0.2) is 9.86 Å². The number of nitrogens with two attached hydrogens (primary N) is 1. The van der Waals surface area contributed by atoms with Crippen LogP contribution in [0.25, 0.3) is 0 Å². The van der Waals surface area contributed by atoms with Crippen molar-refractivity contribution in [3.63, 3.8) is 0 Å². The van der Waals surface area contributed by atoms with Crippen LogP contribution in [0, 0.1) is 11.8 Å². The number of hydrogen-bond donors (Lipinski definition) is 2. The van der Waals surface area contributed by atoms with Crippen LogP contribution < -0.4 is 10.5 Å². The van der Waals surface area contributed by atoms with E-state index in [0.29, 0.717) is 18.1 Å². The summed E-state index contributed by atoms with van der Waals surface area (Å²) in [6, 6.07) is 25.9. The molecule has 2 amide bonds. The molecule has 39 heavy (non-hydrogen) atoms. The molecule has 204 valence electrons. The van der Waals surface area contributed by atoms with Crippen molar-refractivity contribution in [1.29, 1.82) is 0 Å². The number of primary amides is 1. The Morgan fingerprint density at radius 3 is 2.31 bits per heavy atom. The average molecular weight is 547 g/mol. The van der Waals surface area contributed by atoms with Crippen molar-refractivity contribution in [3.8, 4) is 17.6 Å². The molecular weight excluding hydrogens is 512 g/mol. The molecule has 0 bridgehead atoms. The summed E-state index contributed by atoms with van der Waals surface area (Å²) in [5.41, 5.74) is 8.38. The van der Waals surface area contributed by atoms with Gasteiger partial charge in [-0.1, -0.05) is 65.9 Å². The maximum absolute atomic E-state index is 10.8. The first-order valence-corrected chi connectivity index (χ1v) is 13.6. The zero-order chi connectivity index (χ0) is 27.5. The second kappa shape index (κ2) is 14.6. The number of hydrogen-bond acceptors (Lipinski definition) is 5. The molecule has 1 aliphatic heterocycles. The van der Waals surface area contributed by atoms with Gasteiger partial charge < -0.3 is 15.4 Å². The Bertz CT molecular complexity index is 1230. The van der Waals surface area contributed by atoms with Crippen LogP contribution in [0.1, 0.15) is 35.6 Å². The molecule has 1 aliphatic rings. The first-order chi connectivity index (χ1) is 19.0. The molecule has 3 aromatic carbocycles. The first kappa shape index (κ1) is 28.5. The number of urea groups is 1. The topological polar surface area (TPSA) is 82.3 Å². The van der Waals surface area contributed by atoms with E-state index in [1.165, 1.54) is 11.1 Å². The number of piperazine rings is 1. The third-order valence-electron chi connectivity index (χ3n) is 6.75. The summed E-state index contributed by atoms with van der Waals surface area (Å²) in [6.07, 6.45) is 1.29. The molecule has 7 nitrogen and oxygen atoms in total. The molecule has 0 saturated carbocycles. The average Bonchev–Trinajstić information content (AvgIpc) is 2.96. The fourth-order valence-corrected chi connectivity index (χ4v) is 4.81. The second-order valence-electron chi connectivity index (χ2n) is 9.48. The van der Waals surface area contributed by atoms with E-state index in [1.54, 1.807) is 0 Å². The molecule has 0 unspecified atom stereocenters. The van der Waals surface area contributed by atoms with E-state index < -0.39 is 6.03 Å². The van der Waals surface area contributed by atoms with Crippen LogP contribution in [0.3, 0.4) is 0 Å². The molecule has 3 aromatic rings. The SMILES string of the molecule is NC(=O)N(O)CCC#Cc1ccc(OCCCN2CCN([C@H](c3ccccc3)c3ccc(Cl)cc3)CC2)cc1. The van der Waals surface area contributed by atoms with Crippen LogP contribution in [0.5, 0.6) is 5.75 Å². The van der Waals surface area contributed by atoms with Gasteiger partial charge in [-0.05, 0) is 53.9 Å². The van der Waals surface area contributed by atoms with Crippen molar-refractivity contribution in [2.24, 2.45) is 5.73 Å². The zero-order valence-corrected chi connectivity index (χ0v) is 22.8. The van der Waals surface area contributed by atoms with Crippen LogP contribution in [0.2, 0.25) is 5.02 Å². The summed E-state index contributed by atoms with van der Waals surface area (Å²) in [5.74, 6) is 6.72. The maximum Gasteiger partial charge on any atom is 0.338 e. The fraction of sp³-hybridized carbons (Fsp3) is 0.323. The molecule has 3 N–H and O–H groups in total. The van der Waals surface area contributed by atoms with E-state index in [9.17, 15) is 10.0 Å². The Kier molecular flexibility index (Phi) is 10.6. The number of hydroxylamine groups is 2. The standard InChI is InChI=1S/C31H35ClN4O3/c32-28-14-12-27(13-15-28)30(26-8-2-1-3-9-26)35-22-20-34(21-23-35)18-6-24-39-29-16-10-25(11-17-29)7-4-5-19-36(38)31(33)37/h1-3,8-17,30,38H,5-6,18-24H2,(H2,33,37)/t30-/m1/s1. The van der Waals surface area contributed by atoms with Gasteiger partial charge in [-0.3, -0.25) is 10.1 Å². The van der Waals surface area contributed by atoms with E-state index in [0.717, 1.165) is 55.5 Å². The summed E-state index contributed by atoms with van der Waals surface area (Å²) in [4.78, 5) is 15.8. The summed E-state index contributed by atoms with van der Waals surface area (Å²) in [5, 5.41) is 10.5. The fourth-order valence-electron chi connectivity index (χ4n) is 4.69. The Morgan fingerprint density at radius 1 is 0.974 bits per heavy atom. The Hall–Kier alpha value is -3.54. The largest absolute Gasteiger partial charge is 0.494 e. The van der Waals surface area contributed by atoms with Crippen LogP contribution in [0.15, 0.2) is 78.9 Å². The van der Waals surface area contributed by atoms with Gasteiger partial charge in [0.15, 0.2) is 0 Å².